The standard InChI is InChI=1S/C30H32ClN5O2/c1-6-32-27(37)14-26-30-28(18(4)35-38-30)24-12-9-21(22-15-33-36(16-22)19(5)17(2)3)13-25(24)29(34-26)20-7-10-23(31)11-8-20/h7-13,15-17,19,26H,6,14H2,1-5H3,(H,32,37)/t19-,26-/m0/s1. The first-order valence-electron chi connectivity index (χ1n) is 13.0. The van der Waals surface area contributed by atoms with Gasteiger partial charge in [0, 0.05) is 34.5 Å². The van der Waals surface area contributed by atoms with Crippen molar-refractivity contribution in [1.29, 1.82) is 0 Å². The predicted octanol–water partition coefficient (Wildman–Crippen LogP) is 6.80. The number of aliphatic imine (C=N–C) groups is 1. The van der Waals surface area contributed by atoms with Gasteiger partial charge < -0.3 is 9.84 Å². The van der Waals surface area contributed by atoms with Crippen LogP contribution in [0.3, 0.4) is 0 Å². The molecule has 2 aromatic heterocycles. The van der Waals surface area contributed by atoms with Gasteiger partial charge in [0.25, 0.3) is 0 Å². The summed E-state index contributed by atoms with van der Waals surface area (Å²) < 4.78 is 7.83. The van der Waals surface area contributed by atoms with Crippen LogP contribution in [0.4, 0.5) is 0 Å². The van der Waals surface area contributed by atoms with Crippen LogP contribution < -0.4 is 5.32 Å². The Bertz CT molecular complexity index is 1500. The van der Waals surface area contributed by atoms with E-state index in [0.717, 1.165) is 44.8 Å². The number of fused-ring (bicyclic) bond motifs is 3. The first-order chi connectivity index (χ1) is 18.3. The number of benzene rings is 2. The first kappa shape index (κ1) is 25.9. The SMILES string of the molecule is CCNC(=O)C[C@@H]1N=C(c2ccc(Cl)cc2)c2cc(-c3cnn([C@@H](C)C(C)C)c3)ccc2-c2c(C)noc21. The molecule has 1 N–H and O–H groups in total. The van der Waals surface area contributed by atoms with Crippen molar-refractivity contribution >= 4 is 23.2 Å². The van der Waals surface area contributed by atoms with E-state index in [1.807, 2.05) is 49.0 Å². The summed E-state index contributed by atoms with van der Waals surface area (Å²) in [6.45, 7) is 10.9. The number of carbonyl (C=O) groups excluding carboxylic acids is 1. The van der Waals surface area contributed by atoms with Crippen molar-refractivity contribution < 1.29 is 9.32 Å². The number of halogens is 1. The zero-order valence-corrected chi connectivity index (χ0v) is 23.1. The highest BCUT2D eigenvalue weighted by Gasteiger charge is 2.32. The Morgan fingerprint density at radius 1 is 1.08 bits per heavy atom. The number of aromatic nitrogens is 3. The Hall–Kier alpha value is -3.71. The number of carbonyl (C=O) groups is 1. The van der Waals surface area contributed by atoms with Crippen molar-refractivity contribution in [1.82, 2.24) is 20.3 Å². The number of amides is 1. The maximum Gasteiger partial charge on any atom is 0.222 e. The molecule has 0 saturated carbocycles. The highest BCUT2D eigenvalue weighted by Crippen LogP contribution is 2.42. The Morgan fingerprint density at radius 3 is 2.53 bits per heavy atom. The molecule has 1 aliphatic heterocycles. The number of nitrogens with one attached hydrogen (secondary N) is 1. The third-order valence-corrected chi connectivity index (χ3v) is 7.46. The van der Waals surface area contributed by atoms with Crippen LogP contribution in [0.5, 0.6) is 0 Å². The molecule has 0 bridgehead atoms. The van der Waals surface area contributed by atoms with E-state index >= 15 is 0 Å². The molecule has 38 heavy (non-hydrogen) atoms. The normalized spacial score (nSPS) is 15.4. The molecule has 0 radical (unpaired) electrons. The fourth-order valence-electron chi connectivity index (χ4n) is 4.80. The molecule has 1 amide bonds. The van der Waals surface area contributed by atoms with Gasteiger partial charge in [-0.05, 0) is 56.0 Å². The van der Waals surface area contributed by atoms with Gasteiger partial charge in [0.15, 0.2) is 5.76 Å². The lowest BCUT2D eigenvalue weighted by Crippen LogP contribution is -2.24. The van der Waals surface area contributed by atoms with E-state index in [1.54, 1.807) is 0 Å². The van der Waals surface area contributed by atoms with E-state index in [0.29, 0.717) is 23.2 Å². The van der Waals surface area contributed by atoms with Crippen molar-refractivity contribution in [2.45, 2.75) is 53.1 Å². The monoisotopic (exact) mass is 529 g/mol. The van der Waals surface area contributed by atoms with E-state index in [4.69, 9.17) is 21.1 Å². The highest BCUT2D eigenvalue weighted by molar-refractivity contribution is 6.30. The largest absolute Gasteiger partial charge is 0.358 e. The molecule has 1 aliphatic rings. The zero-order valence-electron chi connectivity index (χ0n) is 22.3. The molecule has 4 aromatic rings. The number of hydrogen-bond donors (Lipinski definition) is 1. The minimum absolute atomic E-state index is 0.0879. The first-order valence-corrected chi connectivity index (χ1v) is 13.4. The van der Waals surface area contributed by atoms with E-state index in [9.17, 15) is 4.79 Å². The molecule has 8 heteroatoms. The molecule has 5 rings (SSSR count). The van der Waals surface area contributed by atoms with Gasteiger partial charge >= 0.3 is 0 Å². The Morgan fingerprint density at radius 2 is 1.82 bits per heavy atom. The average Bonchev–Trinajstić information content (AvgIpc) is 3.51. The second kappa shape index (κ2) is 10.6. The molecular formula is C30H32ClN5O2. The van der Waals surface area contributed by atoms with Crippen LogP contribution in [0.15, 0.2) is 64.4 Å². The van der Waals surface area contributed by atoms with Crippen LogP contribution >= 0.6 is 11.6 Å². The van der Waals surface area contributed by atoms with E-state index in [2.05, 4.69) is 60.7 Å². The third kappa shape index (κ3) is 4.90. The summed E-state index contributed by atoms with van der Waals surface area (Å²) in [7, 11) is 0. The second-order valence-electron chi connectivity index (χ2n) is 10.1. The maximum atomic E-state index is 12.7. The molecular weight excluding hydrogens is 498 g/mol. The minimum atomic E-state index is -0.520. The summed E-state index contributed by atoms with van der Waals surface area (Å²) >= 11 is 6.22. The average molecular weight is 530 g/mol. The smallest absolute Gasteiger partial charge is 0.222 e. The van der Waals surface area contributed by atoms with E-state index in [1.165, 1.54) is 0 Å². The second-order valence-corrected chi connectivity index (χ2v) is 10.6. The van der Waals surface area contributed by atoms with Gasteiger partial charge in [-0.3, -0.25) is 14.5 Å². The summed E-state index contributed by atoms with van der Waals surface area (Å²) in [6, 6.07) is 13.7. The van der Waals surface area contributed by atoms with Gasteiger partial charge in [-0.15, -0.1) is 0 Å². The maximum absolute atomic E-state index is 12.7. The Kier molecular flexibility index (Phi) is 7.21. The van der Waals surface area contributed by atoms with Crippen molar-refractivity contribution in [3.63, 3.8) is 0 Å². The summed E-state index contributed by atoms with van der Waals surface area (Å²) in [5.74, 6) is 0.982. The van der Waals surface area contributed by atoms with Gasteiger partial charge in [-0.2, -0.15) is 5.10 Å². The summed E-state index contributed by atoms with van der Waals surface area (Å²) in [5.41, 5.74) is 7.32. The molecule has 0 saturated heterocycles. The molecule has 2 aromatic carbocycles. The molecule has 196 valence electrons. The van der Waals surface area contributed by atoms with Gasteiger partial charge in [0.05, 0.1) is 35.6 Å². The van der Waals surface area contributed by atoms with Crippen molar-refractivity contribution in [2.75, 3.05) is 6.54 Å². The van der Waals surface area contributed by atoms with Crippen LogP contribution in [0.25, 0.3) is 22.3 Å². The molecule has 2 atom stereocenters. The lowest BCUT2D eigenvalue weighted by atomic mass is 9.90. The van der Waals surface area contributed by atoms with Crippen LogP contribution in [0.2, 0.25) is 5.02 Å². The summed E-state index contributed by atoms with van der Waals surface area (Å²) in [6.07, 6.45) is 4.16. The molecule has 0 spiro atoms. The van der Waals surface area contributed by atoms with Crippen LogP contribution in [-0.4, -0.2) is 33.1 Å². The number of rotatable bonds is 7. The number of aryl methyl sites for hydroxylation is 1. The number of hydrogen-bond acceptors (Lipinski definition) is 5. The third-order valence-electron chi connectivity index (χ3n) is 7.21. The molecule has 0 aliphatic carbocycles. The van der Waals surface area contributed by atoms with E-state index < -0.39 is 6.04 Å². The van der Waals surface area contributed by atoms with Crippen molar-refractivity contribution in [3.8, 4) is 22.3 Å². The van der Waals surface area contributed by atoms with Crippen LogP contribution in [0.1, 0.15) is 68.8 Å². The highest BCUT2D eigenvalue weighted by atomic mass is 35.5. The topological polar surface area (TPSA) is 85.3 Å². The lowest BCUT2D eigenvalue weighted by molar-refractivity contribution is -0.121. The Labute approximate surface area is 227 Å². The molecule has 7 nitrogen and oxygen atoms in total. The summed E-state index contributed by atoms with van der Waals surface area (Å²) in [5, 5.41) is 12.4. The fourth-order valence-corrected chi connectivity index (χ4v) is 4.93. The van der Waals surface area contributed by atoms with Gasteiger partial charge in [-0.1, -0.05) is 54.9 Å². The van der Waals surface area contributed by atoms with Gasteiger partial charge in [0.2, 0.25) is 5.91 Å². The van der Waals surface area contributed by atoms with Crippen LogP contribution in [-0.2, 0) is 4.79 Å². The predicted molar refractivity (Wildman–Crippen MR) is 151 cm³/mol. The lowest BCUT2D eigenvalue weighted by Gasteiger charge is -2.15. The zero-order chi connectivity index (χ0) is 27.0. The van der Waals surface area contributed by atoms with Gasteiger partial charge in [-0.25, -0.2) is 0 Å². The molecule has 3 heterocycles. The van der Waals surface area contributed by atoms with E-state index in [-0.39, 0.29) is 18.4 Å². The summed E-state index contributed by atoms with van der Waals surface area (Å²) in [4.78, 5) is 17.8. The van der Waals surface area contributed by atoms with Crippen molar-refractivity contribution in [3.05, 3.63) is 82.5 Å². The van der Waals surface area contributed by atoms with Crippen LogP contribution in [0, 0.1) is 12.8 Å². The fraction of sp³-hybridized carbons (Fsp3) is 0.333. The Balaban J connectivity index is 1.69. The van der Waals surface area contributed by atoms with Gasteiger partial charge in [0.1, 0.15) is 6.04 Å². The number of nitrogens with zero attached hydrogens (tertiary/aromatic N) is 4. The molecule has 0 fully saturated rings. The van der Waals surface area contributed by atoms with Crippen molar-refractivity contribution in [2.24, 2.45) is 10.9 Å². The quantitative estimate of drug-likeness (QED) is 0.285. The minimum Gasteiger partial charge on any atom is -0.358 e. The molecule has 0 unspecified atom stereocenters.